The Balaban J connectivity index is 2.67. The van der Waals surface area contributed by atoms with Gasteiger partial charge < -0.3 is 16.0 Å². The van der Waals surface area contributed by atoms with Gasteiger partial charge in [-0.05, 0) is 25.1 Å². The lowest BCUT2D eigenvalue weighted by molar-refractivity contribution is -0.119. The summed E-state index contributed by atoms with van der Waals surface area (Å²) < 4.78 is 0. The monoisotopic (exact) mass is 311 g/mol. The van der Waals surface area contributed by atoms with Crippen molar-refractivity contribution in [3.63, 3.8) is 0 Å². The average molecular weight is 312 g/mol. The van der Waals surface area contributed by atoms with Crippen molar-refractivity contribution >= 4 is 35.0 Å². The van der Waals surface area contributed by atoms with Crippen LogP contribution in [0.3, 0.4) is 0 Å². The molecule has 0 aliphatic carbocycles. The van der Waals surface area contributed by atoms with Crippen LogP contribution in [-0.4, -0.2) is 30.8 Å². The van der Waals surface area contributed by atoms with Crippen LogP contribution in [0, 0.1) is 0 Å². The SMILES string of the molecule is CCNC(=O)c1cc(NC(=O)CCNC(C)=O)ccc1Cl. The van der Waals surface area contributed by atoms with E-state index in [1.54, 1.807) is 19.1 Å². The lowest BCUT2D eigenvalue weighted by atomic mass is 10.2. The molecular formula is C14H18ClN3O3. The van der Waals surface area contributed by atoms with Gasteiger partial charge in [-0.2, -0.15) is 0 Å². The fraction of sp³-hybridized carbons (Fsp3) is 0.357. The molecule has 0 saturated carbocycles. The molecule has 6 nitrogen and oxygen atoms in total. The number of carbonyl (C=O) groups is 3. The maximum absolute atomic E-state index is 11.8. The van der Waals surface area contributed by atoms with Gasteiger partial charge in [0.1, 0.15) is 0 Å². The van der Waals surface area contributed by atoms with Crippen LogP contribution in [0.4, 0.5) is 5.69 Å². The van der Waals surface area contributed by atoms with Crippen LogP contribution in [0.2, 0.25) is 5.02 Å². The number of rotatable bonds is 6. The van der Waals surface area contributed by atoms with Gasteiger partial charge in [0.2, 0.25) is 11.8 Å². The van der Waals surface area contributed by atoms with E-state index >= 15 is 0 Å². The predicted octanol–water partition coefficient (Wildman–Crippen LogP) is 1.55. The summed E-state index contributed by atoms with van der Waals surface area (Å²) in [6.45, 7) is 3.94. The van der Waals surface area contributed by atoms with Crippen LogP contribution in [0.1, 0.15) is 30.6 Å². The maximum Gasteiger partial charge on any atom is 0.252 e. The Morgan fingerprint density at radius 2 is 1.90 bits per heavy atom. The van der Waals surface area contributed by atoms with E-state index in [-0.39, 0.29) is 30.7 Å². The van der Waals surface area contributed by atoms with Gasteiger partial charge in [0.05, 0.1) is 10.6 Å². The third kappa shape index (κ3) is 5.83. The van der Waals surface area contributed by atoms with Crippen LogP contribution in [0.5, 0.6) is 0 Å². The normalized spacial score (nSPS) is 9.86. The van der Waals surface area contributed by atoms with Gasteiger partial charge in [0.25, 0.3) is 5.91 Å². The summed E-state index contributed by atoms with van der Waals surface area (Å²) in [5.74, 6) is -0.738. The number of nitrogens with one attached hydrogen (secondary N) is 3. The molecule has 0 bridgehead atoms. The molecule has 0 unspecified atom stereocenters. The average Bonchev–Trinajstić information content (AvgIpc) is 2.40. The summed E-state index contributed by atoms with van der Waals surface area (Å²) in [6.07, 6.45) is 0.151. The molecule has 0 atom stereocenters. The van der Waals surface area contributed by atoms with Gasteiger partial charge in [-0.3, -0.25) is 14.4 Å². The van der Waals surface area contributed by atoms with E-state index in [2.05, 4.69) is 16.0 Å². The third-order valence-electron chi connectivity index (χ3n) is 2.56. The zero-order valence-electron chi connectivity index (χ0n) is 12.0. The van der Waals surface area contributed by atoms with E-state index in [0.717, 1.165) is 0 Å². The number of carbonyl (C=O) groups excluding carboxylic acids is 3. The van der Waals surface area contributed by atoms with E-state index in [4.69, 9.17) is 11.6 Å². The van der Waals surface area contributed by atoms with Crippen molar-refractivity contribution in [2.75, 3.05) is 18.4 Å². The quantitative estimate of drug-likeness (QED) is 0.745. The predicted molar refractivity (Wildman–Crippen MR) is 81.4 cm³/mol. The molecule has 21 heavy (non-hydrogen) atoms. The molecule has 1 rings (SSSR count). The zero-order valence-corrected chi connectivity index (χ0v) is 12.7. The van der Waals surface area contributed by atoms with Crippen molar-refractivity contribution in [1.29, 1.82) is 0 Å². The number of benzene rings is 1. The molecule has 3 N–H and O–H groups in total. The Morgan fingerprint density at radius 3 is 2.52 bits per heavy atom. The summed E-state index contributed by atoms with van der Waals surface area (Å²) in [5, 5.41) is 8.15. The van der Waals surface area contributed by atoms with E-state index < -0.39 is 0 Å². The standard InChI is InChI=1S/C14H18ClN3O3/c1-3-16-14(21)11-8-10(4-5-12(11)15)18-13(20)6-7-17-9(2)19/h4-5,8H,3,6-7H2,1-2H3,(H,16,21)(H,17,19)(H,18,20). The topological polar surface area (TPSA) is 87.3 Å². The summed E-state index contributed by atoms with van der Waals surface area (Å²) >= 11 is 5.96. The molecule has 0 saturated heterocycles. The van der Waals surface area contributed by atoms with Crippen molar-refractivity contribution < 1.29 is 14.4 Å². The highest BCUT2D eigenvalue weighted by molar-refractivity contribution is 6.34. The van der Waals surface area contributed by atoms with Crippen LogP contribution in [0.25, 0.3) is 0 Å². The second kappa shape index (κ2) is 8.26. The molecule has 0 spiro atoms. The third-order valence-corrected chi connectivity index (χ3v) is 2.89. The number of hydrogen-bond acceptors (Lipinski definition) is 3. The van der Waals surface area contributed by atoms with Crippen molar-refractivity contribution in [3.8, 4) is 0 Å². The van der Waals surface area contributed by atoms with Gasteiger partial charge >= 0.3 is 0 Å². The molecule has 1 aromatic carbocycles. The summed E-state index contributed by atoms with van der Waals surface area (Å²) in [6, 6.07) is 4.68. The number of amides is 3. The first-order chi connectivity index (χ1) is 9.93. The first-order valence-electron chi connectivity index (χ1n) is 6.56. The van der Waals surface area contributed by atoms with Gasteiger partial charge in [0.15, 0.2) is 0 Å². The molecule has 0 heterocycles. The molecule has 114 valence electrons. The molecule has 0 aliphatic heterocycles. The van der Waals surface area contributed by atoms with Crippen LogP contribution in [-0.2, 0) is 9.59 Å². The van der Waals surface area contributed by atoms with Crippen molar-refractivity contribution in [1.82, 2.24) is 10.6 Å². The van der Waals surface area contributed by atoms with Crippen LogP contribution >= 0.6 is 11.6 Å². The highest BCUT2D eigenvalue weighted by Crippen LogP contribution is 2.20. The molecule has 3 amide bonds. The molecule has 0 aliphatic rings. The molecule has 7 heteroatoms. The minimum atomic E-state index is -0.295. The van der Waals surface area contributed by atoms with Gasteiger partial charge in [-0.15, -0.1) is 0 Å². The fourth-order valence-corrected chi connectivity index (χ4v) is 1.81. The van der Waals surface area contributed by atoms with Crippen molar-refractivity contribution in [3.05, 3.63) is 28.8 Å². The van der Waals surface area contributed by atoms with E-state index in [9.17, 15) is 14.4 Å². The highest BCUT2D eigenvalue weighted by Gasteiger charge is 2.11. The Hall–Kier alpha value is -2.08. The van der Waals surface area contributed by atoms with Crippen molar-refractivity contribution in [2.24, 2.45) is 0 Å². The van der Waals surface area contributed by atoms with Crippen molar-refractivity contribution in [2.45, 2.75) is 20.3 Å². The highest BCUT2D eigenvalue weighted by atomic mass is 35.5. The first kappa shape index (κ1) is 17.0. The summed E-state index contributed by atoms with van der Waals surface area (Å²) in [7, 11) is 0. The van der Waals surface area contributed by atoms with Crippen LogP contribution < -0.4 is 16.0 Å². The molecular weight excluding hydrogens is 294 g/mol. The lowest BCUT2D eigenvalue weighted by Gasteiger charge is -2.09. The number of hydrogen-bond donors (Lipinski definition) is 3. The summed E-state index contributed by atoms with van der Waals surface area (Å²) in [4.78, 5) is 34.2. The second-order valence-corrected chi connectivity index (χ2v) is 4.74. The number of anilines is 1. The fourth-order valence-electron chi connectivity index (χ4n) is 1.61. The molecule has 0 fully saturated rings. The van der Waals surface area contributed by atoms with Gasteiger partial charge in [0, 0.05) is 32.1 Å². The lowest BCUT2D eigenvalue weighted by Crippen LogP contribution is -2.25. The van der Waals surface area contributed by atoms with E-state index in [1.165, 1.54) is 13.0 Å². The minimum absolute atomic E-state index is 0.151. The Bertz CT molecular complexity index is 546. The maximum atomic E-state index is 11.8. The largest absolute Gasteiger partial charge is 0.356 e. The molecule has 1 aromatic rings. The van der Waals surface area contributed by atoms with Gasteiger partial charge in [-0.25, -0.2) is 0 Å². The Kier molecular flexibility index (Phi) is 6.68. The summed E-state index contributed by atoms with van der Waals surface area (Å²) in [5.41, 5.74) is 0.784. The van der Waals surface area contributed by atoms with E-state index in [0.29, 0.717) is 22.8 Å². The van der Waals surface area contributed by atoms with Gasteiger partial charge in [-0.1, -0.05) is 11.6 Å². The smallest absolute Gasteiger partial charge is 0.252 e. The molecule has 0 radical (unpaired) electrons. The first-order valence-corrected chi connectivity index (χ1v) is 6.94. The minimum Gasteiger partial charge on any atom is -0.356 e. The second-order valence-electron chi connectivity index (χ2n) is 4.34. The zero-order chi connectivity index (χ0) is 15.8. The Morgan fingerprint density at radius 1 is 1.19 bits per heavy atom. The van der Waals surface area contributed by atoms with E-state index in [1.807, 2.05) is 0 Å². The Labute approximate surface area is 128 Å². The molecule has 0 aromatic heterocycles. The number of halogens is 1. The van der Waals surface area contributed by atoms with Crippen LogP contribution in [0.15, 0.2) is 18.2 Å².